The molecule has 1 N–H and O–H groups in total. The van der Waals surface area contributed by atoms with Crippen molar-refractivity contribution in [3.8, 4) is 0 Å². The second-order valence-corrected chi connectivity index (χ2v) is 3.44. The molecule has 0 spiro atoms. The van der Waals surface area contributed by atoms with Gasteiger partial charge in [0.25, 0.3) is 0 Å². The summed E-state index contributed by atoms with van der Waals surface area (Å²) in [7, 11) is 0. The Morgan fingerprint density at radius 2 is 2.14 bits per heavy atom. The fraction of sp³-hybridized carbons (Fsp3) is 0.455. The topological polar surface area (TPSA) is 37.8 Å². The van der Waals surface area contributed by atoms with Crippen molar-refractivity contribution in [1.82, 2.24) is 15.3 Å². The van der Waals surface area contributed by atoms with Crippen LogP contribution in [0.15, 0.2) is 30.9 Å². The van der Waals surface area contributed by atoms with Gasteiger partial charge in [0.15, 0.2) is 0 Å². The first-order chi connectivity index (χ1) is 6.74. The van der Waals surface area contributed by atoms with E-state index in [9.17, 15) is 0 Å². The molecule has 3 heteroatoms. The van der Waals surface area contributed by atoms with Crippen LogP contribution in [0.25, 0.3) is 0 Å². The molecule has 0 aliphatic rings. The highest BCUT2D eigenvalue weighted by molar-refractivity contribution is 5.12. The maximum Gasteiger partial charge on any atom is 0.115 e. The van der Waals surface area contributed by atoms with Crippen molar-refractivity contribution >= 4 is 0 Å². The van der Waals surface area contributed by atoms with Gasteiger partial charge >= 0.3 is 0 Å². The first-order valence-corrected chi connectivity index (χ1v) is 4.86. The fourth-order valence-corrected chi connectivity index (χ4v) is 1.39. The van der Waals surface area contributed by atoms with Crippen molar-refractivity contribution in [2.45, 2.75) is 26.3 Å². The number of aromatic nitrogens is 2. The summed E-state index contributed by atoms with van der Waals surface area (Å²) in [4.78, 5) is 8.03. The number of rotatable bonds is 5. The number of hydrogen-bond acceptors (Lipinski definition) is 3. The van der Waals surface area contributed by atoms with E-state index in [-0.39, 0.29) is 0 Å². The van der Waals surface area contributed by atoms with Crippen LogP contribution < -0.4 is 5.32 Å². The Bertz CT molecular complexity index is 282. The first-order valence-electron chi connectivity index (χ1n) is 4.86. The van der Waals surface area contributed by atoms with E-state index in [0.29, 0.717) is 6.04 Å². The van der Waals surface area contributed by atoms with Gasteiger partial charge < -0.3 is 5.32 Å². The van der Waals surface area contributed by atoms with E-state index in [1.54, 1.807) is 6.33 Å². The zero-order chi connectivity index (χ0) is 10.4. The molecule has 1 unspecified atom stereocenters. The van der Waals surface area contributed by atoms with E-state index >= 15 is 0 Å². The molecule has 0 radical (unpaired) electrons. The molecular formula is C11H17N3. The van der Waals surface area contributed by atoms with Crippen LogP contribution in [0, 0.1) is 0 Å². The van der Waals surface area contributed by atoms with Crippen LogP contribution >= 0.6 is 0 Å². The maximum atomic E-state index is 4.01. The summed E-state index contributed by atoms with van der Waals surface area (Å²) < 4.78 is 0. The molecule has 0 saturated carbocycles. The molecule has 1 rings (SSSR count). The van der Waals surface area contributed by atoms with E-state index < -0.39 is 0 Å². The molecule has 0 amide bonds. The molecule has 1 aromatic rings. The molecule has 0 bridgehead atoms. The highest BCUT2D eigenvalue weighted by Gasteiger charge is 2.09. The highest BCUT2D eigenvalue weighted by Crippen LogP contribution is 2.18. The molecular weight excluding hydrogens is 174 g/mol. The lowest BCUT2D eigenvalue weighted by atomic mass is 10.0. The van der Waals surface area contributed by atoms with E-state index in [1.165, 1.54) is 5.57 Å². The van der Waals surface area contributed by atoms with Crippen molar-refractivity contribution in [1.29, 1.82) is 0 Å². The van der Waals surface area contributed by atoms with Crippen LogP contribution in [0.1, 0.15) is 31.9 Å². The molecule has 0 aromatic carbocycles. The number of nitrogens with one attached hydrogen (secondary N) is 1. The lowest BCUT2D eigenvalue weighted by Crippen LogP contribution is -2.21. The largest absolute Gasteiger partial charge is 0.310 e. The monoisotopic (exact) mass is 191 g/mol. The average molecular weight is 191 g/mol. The summed E-state index contributed by atoms with van der Waals surface area (Å²) in [6, 6.07) is 0.290. The number of nitrogens with zero attached hydrogens (tertiary/aromatic N) is 2. The molecule has 0 aliphatic heterocycles. The smallest absolute Gasteiger partial charge is 0.115 e. The van der Waals surface area contributed by atoms with Gasteiger partial charge in [-0.1, -0.05) is 12.5 Å². The molecule has 1 atom stereocenters. The van der Waals surface area contributed by atoms with Crippen LogP contribution in [0.4, 0.5) is 0 Å². The highest BCUT2D eigenvalue weighted by atomic mass is 14.9. The van der Waals surface area contributed by atoms with E-state index in [1.807, 2.05) is 19.3 Å². The van der Waals surface area contributed by atoms with Crippen molar-refractivity contribution in [2.75, 3.05) is 6.54 Å². The van der Waals surface area contributed by atoms with E-state index in [0.717, 1.165) is 18.5 Å². The minimum Gasteiger partial charge on any atom is -0.310 e. The molecule has 1 heterocycles. The van der Waals surface area contributed by atoms with E-state index in [2.05, 4.69) is 28.8 Å². The third-order valence-corrected chi connectivity index (χ3v) is 1.99. The number of hydrogen-bond donors (Lipinski definition) is 1. The van der Waals surface area contributed by atoms with Gasteiger partial charge in [0.1, 0.15) is 6.33 Å². The van der Waals surface area contributed by atoms with Gasteiger partial charge in [-0.05, 0) is 19.9 Å². The summed E-state index contributed by atoms with van der Waals surface area (Å²) in [5, 5.41) is 3.39. The maximum absolute atomic E-state index is 4.01. The summed E-state index contributed by atoms with van der Waals surface area (Å²) in [6.07, 6.45) is 6.18. The Morgan fingerprint density at radius 1 is 1.50 bits per heavy atom. The molecule has 14 heavy (non-hydrogen) atoms. The second-order valence-electron chi connectivity index (χ2n) is 3.44. The zero-order valence-electron chi connectivity index (χ0n) is 8.83. The molecule has 0 fully saturated rings. The first kappa shape index (κ1) is 10.9. The average Bonchev–Trinajstić information content (AvgIpc) is 2.18. The van der Waals surface area contributed by atoms with Crippen LogP contribution in [-0.2, 0) is 0 Å². The normalized spacial score (nSPS) is 12.4. The standard InChI is InChI=1S/C11H17N3/c1-4-14-11(5-9(2)3)10-6-12-8-13-7-10/h6-8,11,14H,2,4-5H2,1,3H3. The van der Waals surface area contributed by atoms with Gasteiger partial charge in [0.05, 0.1) is 0 Å². The predicted molar refractivity (Wildman–Crippen MR) is 57.9 cm³/mol. The summed E-state index contributed by atoms with van der Waals surface area (Å²) in [6.45, 7) is 8.99. The minimum absolute atomic E-state index is 0.290. The third-order valence-electron chi connectivity index (χ3n) is 1.99. The predicted octanol–water partition coefficient (Wildman–Crippen LogP) is 2.09. The SMILES string of the molecule is C=C(C)CC(NCC)c1cncnc1. The van der Waals surface area contributed by atoms with Gasteiger partial charge in [-0.25, -0.2) is 9.97 Å². The van der Waals surface area contributed by atoms with Gasteiger partial charge in [-0.3, -0.25) is 0 Å². The van der Waals surface area contributed by atoms with Crippen molar-refractivity contribution in [3.05, 3.63) is 36.4 Å². The Kier molecular flexibility index (Phi) is 4.26. The van der Waals surface area contributed by atoms with Crippen molar-refractivity contribution < 1.29 is 0 Å². The lowest BCUT2D eigenvalue weighted by molar-refractivity contribution is 0.544. The molecule has 0 saturated heterocycles. The van der Waals surface area contributed by atoms with Gasteiger partial charge in [-0.15, -0.1) is 6.58 Å². The van der Waals surface area contributed by atoms with Gasteiger partial charge in [0.2, 0.25) is 0 Å². The van der Waals surface area contributed by atoms with Crippen LogP contribution in [0.3, 0.4) is 0 Å². The molecule has 0 aliphatic carbocycles. The van der Waals surface area contributed by atoms with Crippen LogP contribution in [-0.4, -0.2) is 16.5 Å². The summed E-state index contributed by atoms with van der Waals surface area (Å²) >= 11 is 0. The Labute approximate surface area is 85.3 Å². The van der Waals surface area contributed by atoms with Crippen LogP contribution in [0.5, 0.6) is 0 Å². The quantitative estimate of drug-likeness (QED) is 0.724. The van der Waals surface area contributed by atoms with Crippen LogP contribution in [0.2, 0.25) is 0 Å². The lowest BCUT2D eigenvalue weighted by Gasteiger charge is -2.17. The van der Waals surface area contributed by atoms with E-state index in [4.69, 9.17) is 0 Å². The molecule has 76 valence electrons. The molecule has 3 nitrogen and oxygen atoms in total. The molecule has 1 aromatic heterocycles. The van der Waals surface area contributed by atoms with Gasteiger partial charge in [0, 0.05) is 24.0 Å². The second kappa shape index (κ2) is 5.50. The summed E-state index contributed by atoms with van der Waals surface area (Å²) in [5.41, 5.74) is 2.29. The minimum atomic E-state index is 0.290. The van der Waals surface area contributed by atoms with Crippen molar-refractivity contribution in [3.63, 3.8) is 0 Å². The Hall–Kier alpha value is -1.22. The third kappa shape index (κ3) is 3.26. The Morgan fingerprint density at radius 3 is 2.64 bits per heavy atom. The van der Waals surface area contributed by atoms with Gasteiger partial charge in [-0.2, -0.15) is 0 Å². The fourth-order valence-electron chi connectivity index (χ4n) is 1.39. The Balaban J connectivity index is 2.72. The summed E-state index contributed by atoms with van der Waals surface area (Å²) in [5.74, 6) is 0. The van der Waals surface area contributed by atoms with Crippen molar-refractivity contribution in [2.24, 2.45) is 0 Å². The zero-order valence-corrected chi connectivity index (χ0v) is 8.83.